The van der Waals surface area contributed by atoms with Gasteiger partial charge >= 0.3 is 0 Å². The minimum absolute atomic E-state index is 0.563. The lowest BCUT2D eigenvalue weighted by Gasteiger charge is -2.05. The smallest absolute Gasteiger partial charge is 0.228 e. The summed E-state index contributed by atoms with van der Waals surface area (Å²) in [6.45, 7) is 2.15. The number of aromatic nitrogens is 1. The highest BCUT2D eigenvalue weighted by Gasteiger charge is 2.14. The molecule has 0 aliphatic heterocycles. The van der Waals surface area contributed by atoms with E-state index in [4.69, 9.17) is 16.0 Å². The Kier molecular flexibility index (Phi) is 3.83. The normalized spacial score (nSPS) is 11.1. The summed E-state index contributed by atoms with van der Waals surface area (Å²) in [6.07, 6.45) is 2.80. The van der Waals surface area contributed by atoms with Crippen LogP contribution < -0.4 is 0 Å². The SMILES string of the molecule is CCc1ccc(-c2cnc3oc(-c4ccccc4)cc3c2Cl)cc1. The summed E-state index contributed by atoms with van der Waals surface area (Å²) in [5, 5.41) is 1.52. The van der Waals surface area contributed by atoms with E-state index in [1.54, 1.807) is 6.20 Å². The Morgan fingerprint density at radius 2 is 1.71 bits per heavy atom. The van der Waals surface area contributed by atoms with Crippen molar-refractivity contribution in [1.29, 1.82) is 0 Å². The number of rotatable bonds is 3. The second-order valence-electron chi connectivity index (χ2n) is 5.73. The first kappa shape index (κ1) is 15.0. The van der Waals surface area contributed by atoms with Crippen molar-refractivity contribution in [2.45, 2.75) is 13.3 Å². The van der Waals surface area contributed by atoms with E-state index in [0.29, 0.717) is 10.7 Å². The van der Waals surface area contributed by atoms with Gasteiger partial charge in [0, 0.05) is 17.3 Å². The summed E-state index contributed by atoms with van der Waals surface area (Å²) in [5.74, 6) is 0.776. The van der Waals surface area contributed by atoms with Crippen molar-refractivity contribution in [2.24, 2.45) is 0 Å². The molecule has 0 atom stereocenters. The van der Waals surface area contributed by atoms with E-state index in [0.717, 1.165) is 34.3 Å². The molecule has 0 aliphatic carbocycles. The number of furan rings is 1. The molecule has 0 bridgehead atoms. The molecule has 2 aromatic heterocycles. The fourth-order valence-electron chi connectivity index (χ4n) is 2.83. The quantitative estimate of drug-likeness (QED) is 0.435. The fraction of sp³-hybridized carbons (Fsp3) is 0.0952. The molecule has 4 aromatic rings. The van der Waals surface area contributed by atoms with Gasteiger partial charge in [0.2, 0.25) is 5.71 Å². The number of halogens is 1. The van der Waals surface area contributed by atoms with Gasteiger partial charge in [-0.15, -0.1) is 0 Å². The second kappa shape index (κ2) is 6.14. The third kappa shape index (κ3) is 2.59. The van der Waals surface area contributed by atoms with Crippen molar-refractivity contribution in [3.8, 4) is 22.5 Å². The molecule has 3 heteroatoms. The van der Waals surface area contributed by atoms with Gasteiger partial charge in [0.05, 0.1) is 10.4 Å². The van der Waals surface area contributed by atoms with E-state index in [2.05, 4.69) is 36.2 Å². The first-order chi connectivity index (χ1) is 11.8. The van der Waals surface area contributed by atoms with Crippen LogP contribution in [-0.2, 0) is 6.42 Å². The highest BCUT2D eigenvalue weighted by atomic mass is 35.5. The minimum Gasteiger partial charge on any atom is -0.438 e. The molecule has 4 rings (SSSR count). The van der Waals surface area contributed by atoms with E-state index < -0.39 is 0 Å². The largest absolute Gasteiger partial charge is 0.438 e. The summed E-state index contributed by atoms with van der Waals surface area (Å²) in [6, 6.07) is 20.4. The summed E-state index contributed by atoms with van der Waals surface area (Å²) in [4.78, 5) is 4.46. The van der Waals surface area contributed by atoms with Crippen LogP contribution in [-0.4, -0.2) is 4.98 Å². The van der Waals surface area contributed by atoms with E-state index in [9.17, 15) is 0 Å². The molecule has 0 saturated heterocycles. The molecule has 0 unspecified atom stereocenters. The van der Waals surface area contributed by atoms with Gasteiger partial charge in [-0.1, -0.05) is 73.1 Å². The number of benzene rings is 2. The zero-order chi connectivity index (χ0) is 16.5. The van der Waals surface area contributed by atoms with Gasteiger partial charge in [0.15, 0.2) is 0 Å². The monoisotopic (exact) mass is 333 g/mol. The zero-order valence-electron chi connectivity index (χ0n) is 13.3. The summed E-state index contributed by atoms with van der Waals surface area (Å²) < 4.78 is 5.87. The van der Waals surface area contributed by atoms with Crippen molar-refractivity contribution >= 4 is 22.7 Å². The predicted molar refractivity (Wildman–Crippen MR) is 99.3 cm³/mol. The van der Waals surface area contributed by atoms with Gasteiger partial charge in [-0.05, 0) is 23.6 Å². The zero-order valence-corrected chi connectivity index (χ0v) is 14.0. The average molecular weight is 334 g/mol. The Hall–Kier alpha value is -2.58. The molecule has 24 heavy (non-hydrogen) atoms. The molecule has 2 heterocycles. The molecule has 0 aliphatic rings. The number of fused-ring (bicyclic) bond motifs is 1. The first-order valence-electron chi connectivity index (χ1n) is 7.99. The topological polar surface area (TPSA) is 26.0 Å². The molecule has 0 spiro atoms. The fourth-order valence-corrected chi connectivity index (χ4v) is 3.12. The number of hydrogen-bond donors (Lipinski definition) is 0. The molecular formula is C21H16ClNO. The molecule has 0 radical (unpaired) electrons. The lowest BCUT2D eigenvalue weighted by molar-refractivity contribution is 0.618. The molecule has 118 valence electrons. The highest BCUT2D eigenvalue weighted by molar-refractivity contribution is 6.38. The van der Waals surface area contributed by atoms with Crippen LogP contribution in [0.15, 0.2) is 71.3 Å². The average Bonchev–Trinajstić information content (AvgIpc) is 3.08. The lowest BCUT2D eigenvalue weighted by Crippen LogP contribution is -1.85. The Bertz CT molecular complexity index is 988. The molecule has 0 N–H and O–H groups in total. The lowest BCUT2D eigenvalue weighted by atomic mass is 10.0. The van der Waals surface area contributed by atoms with Gasteiger partial charge in [-0.2, -0.15) is 0 Å². The van der Waals surface area contributed by atoms with Crippen molar-refractivity contribution in [1.82, 2.24) is 4.98 Å². The van der Waals surface area contributed by atoms with E-state index >= 15 is 0 Å². The number of hydrogen-bond acceptors (Lipinski definition) is 2. The summed E-state index contributed by atoms with van der Waals surface area (Å²) >= 11 is 6.65. The molecule has 2 aromatic carbocycles. The molecule has 0 amide bonds. The summed E-state index contributed by atoms with van der Waals surface area (Å²) in [7, 11) is 0. The van der Waals surface area contributed by atoms with Crippen LogP contribution in [0.3, 0.4) is 0 Å². The minimum atomic E-state index is 0.563. The van der Waals surface area contributed by atoms with Crippen molar-refractivity contribution in [3.63, 3.8) is 0 Å². The van der Waals surface area contributed by atoms with Crippen LogP contribution in [0.2, 0.25) is 5.02 Å². The standard InChI is InChI=1S/C21H16ClNO/c1-2-14-8-10-15(11-9-14)18-13-23-21-17(20(18)22)12-19(24-21)16-6-4-3-5-7-16/h3-13H,2H2,1H3. The van der Waals surface area contributed by atoms with Crippen LogP contribution in [0.5, 0.6) is 0 Å². The number of nitrogens with zero attached hydrogens (tertiary/aromatic N) is 1. The molecule has 2 nitrogen and oxygen atoms in total. The van der Waals surface area contributed by atoms with E-state index in [1.165, 1.54) is 5.56 Å². The Labute approximate surface area is 145 Å². The third-order valence-corrected chi connectivity index (χ3v) is 4.64. The van der Waals surface area contributed by atoms with Gasteiger partial charge in [0.25, 0.3) is 0 Å². The maximum Gasteiger partial charge on any atom is 0.228 e. The van der Waals surface area contributed by atoms with E-state index in [-0.39, 0.29) is 0 Å². The van der Waals surface area contributed by atoms with Gasteiger partial charge < -0.3 is 4.42 Å². The number of aryl methyl sites for hydroxylation is 1. The Morgan fingerprint density at radius 3 is 2.42 bits per heavy atom. The third-order valence-electron chi connectivity index (χ3n) is 4.23. The van der Waals surface area contributed by atoms with Crippen LogP contribution in [0.25, 0.3) is 33.6 Å². The maximum absolute atomic E-state index is 6.65. The Morgan fingerprint density at radius 1 is 0.958 bits per heavy atom. The second-order valence-corrected chi connectivity index (χ2v) is 6.11. The predicted octanol–water partition coefficient (Wildman–Crippen LogP) is 6.38. The van der Waals surface area contributed by atoms with Gasteiger partial charge in [0.1, 0.15) is 5.76 Å². The van der Waals surface area contributed by atoms with Gasteiger partial charge in [-0.3, -0.25) is 0 Å². The van der Waals surface area contributed by atoms with Crippen molar-refractivity contribution in [2.75, 3.05) is 0 Å². The first-order valence-corrected chi connectivity index (χ1v) is 8.37. The Balaban J connectivity index is 1.82. The molecule has 0 fully saturated rings. The maximum atomic E-state index is 6.65. The van der Waals surface area contributed by atoms with Crippen LogP contribution >= 0.6 is 11.6 Å². The number of pyridine rings is 1. The van der Waals surface area contributed by atoms with Gasteiger partial charge in [-0.25, -0.2) is 4.98 Å². The van der Waals surface area contributed by atoms with Crippen molar-refractivity contribution < 1.29 is 4.42 Å². The summed E-state index contributed by atoms with van der Waals surface area (Å²) in [5.41, 5.74) is 4.87. The van der Waals surface area contributed by atoms with E-state index in [1.807, 2.05) is 36.4 Å². The van der Waals surface area contributed by atoms with Crippen LogP contribution in [0, 0.1) is 0 Å². The van der Waals surface area contributed by atoms with Crippen LogP contribution in [0.1, 0.15) is 12.5 Å². The van der Waals surface area contributed by atoms with Crippen LogP contribution in [0.4, 0.5) is 0 Å². The van der Waals surface area contributed by atoms with Crippen molar-refractivity contribution in [3.05, 3.63) is 77.4 Å². The molecular weight excluding hydrogens is 318 g/mol. The highest BCUT2D eigenvalue weighted by Crippen LogP contribution is 2.36. The molecule has 0 saturated carbocycles.